The summed E-state index contributed by atoms with van der Waals surface area (Å²) in [6.45, 7) is 14.0. The second-order valence-corrected chi connectivity index (χ2v) is 9.23. The van der Waals surface area contributed by atoms with Gasteiger partial charge in [0.05, 0.1) is 0 Å². The van der Waals surface area contributed by atoms with Gasteiger partial charge >= 0.3 is 0 Å². The van der Waals surface area contributed by atoms with E-state index in [9.17, 15) is 9.59 Å². The molecule has 2 rings (SSSR count). The summed E-state index contributed by atoms with van der Waals surface area (Å²) < 4.78 is 5.84. The van der Waals surface area contributed by atoms with Crippen LogP contribution in [0.5, 0.6) is 5.75 Å². The number of rotatable bonds is 8. The maximum atomic E-state index is 13.3. The average Bonchev–Trinajstić information content (AvgIpc) is 2.67. The number of carbonyl (C=O) groups is 2. The lowest BCUT2D eigenvalue weighted by Crippen LogP contribution is -2.54. The van der Waals surface area contributed by atoms with Crippen LogP contribution in [0.1, 0.15) is 56.4 Å². The van der Waals surface area contributed by atoms with Gasteiger partial charge in [0.25, 0.3) is 5.91 Å². The van der Waals surface area contributed by atoms with E-state index >= 15 is 0 Å². The fourth-order valence-electron chi connectivity index (χ4n) is 3.45. The first-order valence-corrected chi connectivity index (χ1v) is 10.9. The zero-order valence-corrected chi connectivity index (χ0v) is 19.9. The summed E-state index contributed by atoms with van der Waals surface area (Å²) in [4.78, 5) is 27.9. The number of benzene rings is 2. The molecule has 0 aliphatic heterocycles. The van der Waals surface area contributed by atoms with Gasteiger partial charge in [-0.1, -0.05) is 54.4 Å². The van der Waals surface area contributed by atoms with Gasteiger partial charge in [-0.2, -0.15) is 0 Å². The fraction of sp³-hybridized carbons (Fsp3) is 0.462. The van der Waals surface area contributed by atoms with E-state index in [1.165, 1.54) is 0 Å². The van der Waals surface area contributed by atoms with Crippen LogP contribution >= 0.6 is 0 Å². The highest BCUT2D eigenvalue weighted by atomic mass is 16.5. The molecule has 0 heterocycles. The van der Waals surface area contributed by atoms with E-state index in [0.717, 1.165) is 22.3 Å². The average molecular weight is 425 g/mol. The molecule has 0 fully saturated rings. The molecule has 31 heavy (non-hydrogen) atoms. The summed E-state index contributed by atoms with van der Waals surface area (Å²) in [5, 5.41) is 3.02. The van der Waals surface area contributed by atoms with Crippen LogP contribution in [0.15, 0.2) is 42.5 Å². The molecule has 0 spiro atoms. The highest BCUT2D eigenvalue weighted by Crippen LogP contribution is 2.20. The van der Waals surface area contributed by atoms with Gasteiger partial charge in [0, 0.05) is 12.1 Å². The predicted octanol–water partition coefficient (Wildman–Crippen LogP) is 4.71. The molecule has 0 radical (unpaired) electrons. The van der Waals surface area contributed by atoms with Gasteiger partial charge in [-0.15, -0.1) is 0 Å². The second kappa shape index (κ2) is 10.5. The Morgan fingerprint density at radius 1 is 1.00 bits per heavy atom. The summed E-state index contributed by atoms with van der Waals surface area (Å²) in [7, 11) is 0. The number of amides is 2. The molecule has 0 unspecified atom stereocenters. The lowest BCUT2D eigenvalue weighted by atomic mass is 10.1. The quantitative estimate of drug-likeness (QED) is 0.667. The highest BCUT2D eigenvalue weighted by molar-refractivity contribution is 5.88. The lowest BCUT2D eigenvalue weighted by Gasteiger charge is -2.33. The van der Waals surface area contributed by atoms with Crippen LogP contribution in [0.2, 0.25) is 0 Å². The van der Waals surface area contributed by atoms with Gasteiger partial charge in [0.2, 0.25) is 5.91 Å². The van der Waals surface area contributed by atoms with Gasteiger partial charge in [0.1, 0.15) is 11.8 Å². The van der Waals surface area contributed by atoms with E-state index in [2.05, 4.69) is 5.32 Å². The van der Waals surface area contributed by atoms with Crippen molar-refractivity contribution in [2.75, 3.05) is 6.61 Å². The molecule has 1 atom stereocenters. The third kappa shape index (κ3) is 7.42. The SMILES string of the molecule is CC[C@@H](C(=O)NC(C)(C)C)N(Cc1ccc(C)cc1)C(=O)COc1ccc(C)cc1C. The Bertz CT molecular complexity index is 898. The maximum absolute atomic E-state index is 13.3. The van der Waals surface area contributed by atoms with Gasteiger partial charge in [0.15, 0.2) is 6.61 Å². The third-order valence-corrected chi connectivity index (χ3v) is 5.04. The Labute approximate surface area is 186 Å². The number of hydrogen-bond acceptors (Lipinski definition) is 3. The molecule has 0 aliphatic carbocycles. The molecular weight excluding hydrogens is 388 g/mol. The van der Waals surface area contributed by atoms with E-state index in [0.29, 0.717) is 18.7 Å². The first-order valence-electron chi connectivity index (χ1n) is 10.9. The monoisotopic (exact) mass is 424 g/mol. The van der Waals surface area contributed by atoms with Crippen molar-refractivity contribution in [1.29, 1.82) is 0 Å². The topological polar surface area (TPSA) is 58.6 Å². The number of carbonyl (C=O) groups excluding carboxylic acids is 2. The molecule has 2 aromatic rings. The minimum Gasteiger partial charge on any atom is -0.483 e. The molecule has 1 N–H and O–H groups in total. The molecule has 0 aromatic heterocycles. The summed E-state index contributed by atoms with van der Waals surface area (Å²) in [6, 6.07) is 13.3. The maximum Gasteiger partial charge on any atom is 0.261 e. The molecule has 0 aliphatic rings. The van der Waals surface area contributed by atoms with Crippen molar-refractivity contribution in [1.82, 2.24) is 10.2 Å². The molecular formula is C26H36N2O3. The molecule has 0 saturated heterocycles. The number of nitrogens with zero attached hydrogens (tertiary/aromatic N) is 1. The molecule has 5 nitrogen and oxygen atoms in total. The van der Waals surface area contributed by atoms with E-state index in [4.69, 9.17) is 4.74 Å². The molecule has 168 valence electrons. The van der Waals surface area contributed by atoms with Crippen molar-refractivity contribution >= 4 is 11.8 Å². The largest absolute Gasteiger partial charge is 0.483 e. The van der Waals surface area contributed by atoms with E-state index in [-0.39, 0.29) is 24.0 Å². The fourth-order valence-corrected chi connectivity index (χ4v) is 3.45. The van der Waals surface area contributed by atoms with Crippen LogP contribution in [0.3, 0.4) is 0 Å². The van der Waals surface area contributed by atoms with Gasteiger partial charge < -0.3 is 15.0 Å². The molecule has 2 amide bonds. The number of aryl methyl sites for hydroxylation is 3. The molecule has 0 saturated carbocycles. The Hall–Kier alpha value is -2.82. The second-order valence-electron chi connectivity index (χ2n) is 9.23. The van der Waals surface area contributed by atoms with E-state index < -0.39 is 6.04 Å². The standard InChI is InChI=1S/C26H36N2O3/c1-8-22(25(30)27-26(5,6)7)28(16-21-12-9-18(2)10-13-21)24(29)17-31-23-14-11-19(3)15-20(23)4/h9-15,22H,8,16-17H2,1-7H3,(H,27,30)/t22-/m0/s1. The van der Waals surface area contributed by atoms with Crippen molar-refractivity contribution in [3.8, 4) is 5.75 Å². The van der Waals surface area contributed by atoms with Crippen LogP contribution in [-0.4, -0.2) is 34.9 Å². The minimum atomic E-state index is -0.573. The highest BCUT2D eigenvalue weighted by Gasteiger charge is 2.30. The Morgan fingerprint density at radius 2 is 1.61 bits per heavy atom. The van der Waals surface area contributed by atoms with Crippen LogP contribution in [-0.2, 0) is 16.1 Å². The Kier molecular flexibility index (Phi) is 8.26. The molecule has 0 bridgehead atoms. The van der Waals surface area contributed by atoms with Crippen molar-refractivity contribution in [2.24, 2.45) is 0 Å². The Balaban J connectivity index is 2.24. The number of ether oxygens (including phenoxy) is 1. The molecule has 2 aromatic carbocycles. The minimum absolute atomic E-state index is 0.116. The van der Waals surface area contributed by atoms with E-state index in [1.54, 1.807) is 4.90 Å². The predicted molar refractivity (Wildman–Crippen MR) is 125 cm³/mol. The zero-order valence-electron chi connectivity index (χ0n) is 19.9. The summed E-state index contributed by atoms with van der Waals surface area (Å²) in [6.07, 6.45) is 0.517. The number of hydrogen-bond donors (Lipinski definition) is 1. The van der Waals surface area contributed by atoms with Crippen molar-refractivity contribution in [2.45, 2.75) is 73.0 Å². The Morgan fingerprint density at radius 3 is 2.16 bits per heavy atom. The van der Waals surface area contributed by atoms with Gasteiger partial charge in [-0.05, 0) is 65.2 Å². The smallest absolute Gasteiger partial charge is 0.261 e. The van der Waals surface area contributed by atoms with Crippen molar-refractivity contribution in [3.63, 3.8) is 0 Å². The van der Waals surface area contributed by atoms with Gasteiger partial charge in [-0.3, -0.25) is 9.59 Å². The van der Waals surface area contributed by atoms with Gasteiger partial charge in [-0.25, -0.2) is 0 Å². The zero-order chi connectivity index (χ0) is 23.2. The van der Waals surface area contributed by atoms with E-state index in [1.807, 2.05) is 90.9 Å². The first kappa shape index (κ1) is 24.4. The summed E-state index contributed by atoms with van der Waals surface area (Å²) in [5.74, 6) is 0.319. The van der Waals surface area contributed by atoms with Crippen LogP contribution in [0.25, 0.3) is 0 Å². The summed E-state index contributed by atoms with van der Waals surface area (Å²) in [5.41, 5.74) is 3.88. The summed E-state index contributed by atoms with van der Waals surface area (Å²) >= 11 is 0. The van der Waals surface area contributed by atoms with Crippen molar-refractivity contribution in [3.05, 3.63) is 64.7 Å². The normalized spacial score (nSPS) is 12.2. The van der Waals surface area contributed by atoms with Crippen LogP contribution < -0.4 is 10.1 Å². The van der Waals surface area contributed by atoms with Crippen molar-refractivity contribution < 1.29 is 14.3 Å². The third-order valence-electron chi connectivity index (χ3n) is 5.04. The lowest BCUT2D eigenvalue weighted by molar-refractivity contribution is -0.143. The molecule has 5 heteroatoms. The number of nitrogens with one attached hydrogen (secondary N) is 1. The first-order chi connectivity index (χ1) is 14.5. The van der Waals surface area contributed by atoms with Crippen LogP contribution in [0.4, 0.5) is 0 Å². The van der Waals surface area contributed by atoms with Crippen LogP contribution in [0, 0.1) is 20.8 Å².